The molecule has 1 radical (unpaired) electrons. The van der Waals surface area contributed by atoms with E-state index in [2.05, 4.69) is 10.3 Å². The molecular weight excluding hydrogens is 146 g/mol. The average Bonchev–Trinajstić information content (AvgIpc) is 2.08. The number of rotatable bonds is 1. The Hall–Kier alpha value is -0.950. The SMILES string of the molecule is O=S(=O)(O)n1[c]cnn1. The van der Waals surface area contributed by atoms with Crippen LogP contribution >= 0.6 is 0 Å². The molecule has 0 amide bonds. The van der Waals surface area contributed by atoms with E-state index in [4.69, 9.17) is 4.55 Å². The monoisotopic (exact) mass is 148 g/mol. The fourth-order valence-corrected chi connectivity index (χ4v) is 0.601. The molecule has 1 N–H and O–H groups in total. The summed E-state index contributed by atoms with van der Waals surface area (Å²) in [6, 6.07) is 0. The van der Waals surface area contributed by atoms with E-state index in [-0.39, 0.29) is 4.09 Å². The molecule has 0 unspecified atom stereocenters. The van der Waals surface area contributed by atoms with Gasteiger partial charge in [-0.3, -0.25) is 4.55 Å². The molecule has 0 spiro atoms. The van der Waals surface area contributed by atoms with Crippen LogP contribution in [0.15, 0.2) is 6.20 Å². The van der Waals surface area contributed by atoms with Crippen LogP contribution in [0.5, 0.6) is 0 Å². The van der Waals surface area contributed by atoms with E-state index in [0.29, 0.717) is 0 Å². The molecule has 6 nitrogen and oxygen atoms in total. The number of hydrogen-bond acceptors (Lipinski definition) is 4. The van der Waals surface area contributed by atoms with Gasteiger partial charge in [0.1, 0.15) is 6.20 Å². The van der Waals surface area contributed by atoms with Crippen molar-refractivity contribution in [2.75, 3.05) is 0 Å². The van der Waals surface area contributed by atoms with Gasteiger partial charge in [-0.2, -0.15) is 8.42 Å². The van der Waals surface area contributed by atoms with E-state index in [0.717, 1.165) is 6.20 Å². The largest absolute Gasteiger partial charge is 0.381 e. The van der Waals surface area contributed by atoms with Crippen LogP contribution in [0.4, 0.5) is 0 Å². The van der Waals surface area contributed by atoms with Crippen LogP contribution in [0.25, 0.3) is 0 Å². The van der Waals surface area contributed by atoms with Crippen molar-refractivity contribution in [3.8, 4) is 0 Å². The lowest BCUT2D eigenvalue weighted by Crippen LogP contribution is -2.11. The van der Waals surface area contributed by atoms with Crippen LogP contribution in [0, 0.1) is 6.20 Å². The molecule has 49 valence electrons. The third-order valence-corrected chi connectivity index (χ3v) is 1.19. The zero-order valence-electron chi connectivity index (χ0n) is 4.09. The Balaban J connectivity index is 3.20. The van der Waals surface area contributed by atoms with Crippen LogP contribution in [-0.4, -0.2) is 27.4 Å². The summed E-state index contributed by atoms with van der Waals surface area (Å²) in [4.78, 5) is 0. The highest BCUT2D eigenvalue weighted by molar-refractivity contribution is 7.84. The van der Waals surface area contributed by atoms with Gasteiger partial charge in [-0.1, -0.05) is 0 Å². The summed E-state index contributed by atoms with van der Waals surface area (Å²) in [6.45, 7) is 0. The normalized spacial score (nSPS) is 11.7. The predicted molar refractivity (Wildman–Crippen MR) is 25.8 cm³/mol. The molecule has 0 aliphatic heterocycles. The third-order valence-electron chi connectivity index (χ3n) is 0.577. The van der Waals surface area contributed by atoms with Crippen molar-refractivity contribution >= 4 is 10.3 Å². The minimum atomic E-state index is -4.27. The van der Waals surface area contributed by atoms with E-state index >= 15 is 0 Å². The fourth-order valence-electron chi connectivity index (χ4n) is 0.286. The van der Waals surface area contributed by atoms with Crippen LogP contribution < -0.4 is 0 Å². The highest BCUT2D eigenvalue weighted by atomic mass is 32.2. The first-order chi connectivity index (χ1) is 4.11. The van der Waals surface area contributed by atoms with Gasteiger partial charge in [-0.05, 0) is 5.21 Å². The molecule has 7 heteroatoms. The van der Waals surface area contributed by atoms with Crippen molar-refractivity contribution in [1.82, 2.24) is 14.4 Å². The zero-order valence-corrected chi connectivity index (χ0v) is 4.91. The second-order valence-corrected chi connectivity index (χ2v) is 2.43. The first-order valence-corrected chi connectivity index (χ1v) is 3.27. The Morgan fingerprint density at radius 3 is 2.56 bits per heavy atom. The molecule has 0 fully saturated rings. The summed E-state index contributed by atoms with van der Waals surface area (Å²) in [7, 11) is -4.27. The topological polar surface area (TPSA) is 85.1 Å². The van der Waals surface area contributed by atoms with Crippen molar-refractivity contribution in [1.29, 1.82) is 0 Å². The Morgan fingerprint density at radius 1 is 1.67 bits per heavy atom. The highest BCUT2D eigenvalue weighted by Crippen LogP contribution is 1.83. The van der Waals surface area contributed by atoms with Crippen LogP contribution in [0.3, 0.4) is 0 Å². The van der Waals surface area contributed by atoms with Gasteiger partial charge in [0, 0.05) is 0 Å². The van der Waals surface area contributed by atoms with Crippen molar-refractivity contribution in [2.45, 2.75) is 0 Å². The van der Waals surface area contributed by atoms with Crippen molar-refractivity contribution in [3.63, 3.8) is 0 Å². The van der Waals surface area contributed by atoms with Crippen molar-refractivity contribution in [3.05, 3.63) is 12.4 Å². The molecule has 1 aromatic rings. The van der Waals surface area contributed by atoms with Gasteiger partial charge < -0.3 is 0 Å². The Kier molecular flexibility index (Phi) is 1.22. The van der Waals surface area contributed by atoms with Gasteiger partial charge in [0.25, 0.3) is 0 Å². The molecule has 0 saturated carbocycles. The predicted octanol–water partition coefficient (Wildman–Crippen LogP) is -1.27. The highest BCUT2D eigenvalue weighted by Gasteiger charge is 2.06. The van der Waals surface area contributed by atoms with Gasteiger partial charge in [-0.15, -0.1) is 9.19 Å². The lowest BCUT2D eigenvalue weighted by molar-refractivity contribution is 0.463. The third kappa shape index (κ3) is 1.24. The van der Waals surface area contributed by atoms with Gasteiger partial charge in [-0.25, -0.2) is 0 Å². The Morgan fingerprint density at radius 2 is 2.33 bits per heavy atom. The second-order valence-electron chi connectivity index (χ2n) is 1.18. The summed E-state index contributed by atoms with van der Waals surface area (Å²) >= 11 is 0. The van der Waals surface area contributed by atoms with Gasteiger partial charge in [0.05, 0.1) is 6.20 Å². The van der Waals surface area contributed by atoms with Crippen LogP contribution in [-0.2, 0) is 10.3 Å². The van der Waals surface area contributed by atoms with E-state index in [1.165, 1.54) is 0 Å². The maximum Gasteiger partial charge on any atom is 0.381 e. The van der Waals surface area contributed by atoms with E-state index < -0.39 is 10.3 Å². The molecule has 1 heterocycles. The maximum absolute atomic E-state index is 10.1. The maximum atomic E-state index is 10.1. The fraction of sp³-hybridized carbons (Fsp3) is 0. The molecule has 0 aliphatic rings. The molecular formula is C2H2N3O3S. The summed E-state index contributed by atoms with van der Waals surface area (Å²) in [5, 5.41) is 6.07. The number of hydrogen-bond donors (Lipinski definition) is 1. The van der Waals surface area contributed by atoms with Gasteiger partial charge >= 0.3 is 10.3 Å². The van der Waals surface area contributed by atoms with E-state index in [1.807, 2.05) is 6.20 Å². The second kappa shape index (κ2) is 1.78. The van der Waals surface area contributed by atoms with Crippen LogP contribution in [0.1, 0.15) is 0 Å². The van der Waals surface area contributed by atoms with Crippen LogP contribution in [0.2, 0.25) is 0 Å². The molecule has 0 atom stereocenters. The Labute approximate surface area is 51.0 Å². The molecule has 9 heavy (non-hydrogen) atoms. The summed E-state index contributed by atoms with van der Waals surface area (Å²) in [5.41, 5.74) is 0. The standard InChI is InChI=1S/C2H2N3O3S/c6-9(7,8)5-2-1-3-4-5/h1H,(H,6,7,8). The summed E-state index contributed by atoms with van der Waals surface area (Å²) in [5.74, 6) is 0. The lowest BCUT2D eigenvalue weighted by atomic mass is 11.0. The summed E-state index contributed by atoms with van der Waals surface area (Å²) in [6.07, 6.45) is 3.06. The molecule has 0 saturated heterocycles. The van der Waals surface area contributed by atoms with Gasteiger partial charge in [0.2, 0.25) is 0 Å². The quantitative estimate of drug-likeness (QED) is 0.502. The minimum Gasteiger partial charge on any atom is -0.268 e. The zero-order chi connectivity index (χ0) is 6.91. The average molecular weight is 148 g/mol. The van der Waals surface area contributed by atoms with Crippen molar-refractivity contribution in [2.24, 2.45) is 0 Å². The minimum absolute atomic E-state index is 0.229. The lowest BCUT2D eigenvalue weighted by Gasteiger charge is -1.87. The first kappa shape index (κ1) is 6.17. The number of nitrogens with zero attached hydrogens (tertiary/aromatic N) is 3. The Bertz CT molecular complexity index is 274. The smallest absolute Gasteiger partial charge is 0.268 e. The molecule has 1 aromatic heterocycles. The number of aromatic nitrogens is 3. The molecule has 0 bridgehead atoms. The van der Waals surface area contributed by atoms with Gasteiger partial charge in [0.15, 0.2) is 0 Å². The summed E-state index contributed by atoms with van der Waals surface area (Å²) < 4.78 is 28.6. The van der Waals surface area contributed by atoms with E-state index in [9.17, 15) is 8.42 Å². The molecule has 0 aromatic carbocycles. The van der Waals surface area contributed by atoms with Crippen molar-refractivity contribution < 1.29 is 13.0 Å². The van der Waals surface area contributed by atoms with E-state index in [1.54, 1.807) is 0 Å². The molecule has 1 rings (SSSR count). The first-order valence-electron chi connectivity index (χ1n) is 1.87. The molecule has 0 aliphatic carbocycles.